The maximum atomic E-state index is 12.7. The average Bonchev–Trinajstić information content (AvgIpc) is 3.26. The molecule has 0 fully saturated rings. The molecule has 0 bridgehead atoms. The Kier molecular flexibility index (Phi) is 6.61. The number of nitrogens with one attached hydrogen (secondary N) is 1. The Morgan fingerprint density at radius 1 is 1.17 bits per heavy atom. The molecule has 1 atom stereocenters. The quantitative estimate of drug-likeness (QED) is 0.638. The Labute approximate surface area is 169 Å². The molecule has 0 aliphatic carbocycles. The molecule has 3 rings (SSSR count). The molecule has 3 aromatic rings. The van der Waals surface area contributed by atoms with Crippen LogP contribution in [0.25, 0.3) is 11.3 Å². The fourth-order valence-electron chi connectivity index (χ4n) is 2.79. The van der Waals surface area contributed by atoms with Gasteiger partial charge in [0.15, 0.2) is 0 Å². The molecule has 1 amide bonds. The highest BCUT2D eigenvalue weighted by molar-refractivity contribution is 5.79. The van der Waals surface area contributed by atoms with Crippen molar-refractivity contribution in [2.24, 2.45) is 0 Å². The monoisotopic (exact) mass is 390 g/mol. The number of nitriles is 1. The summed E-state index contributed by atoms with van der Waals surface area (Å²) in [6.45, 7) is 2.53. The minimum Gasteiger partial charge on any atom is -0.497 e. The maximum absolute atomic E-state index is 12.7. The number of rotatable bonds is 8. The number of hydrogen-bond donors (Lipinski definition) is 1. The fraction of sp³-hybridized carbons (Fsp3) is 0.227. The van der Waals surface area contributed by atoms with Gasteiger partial charge in [0.05, 0.1) is 24.4 Å². The van der Waals surface area contributed by atoms with Gasteiger partial charge in [-0.1, -0.05) is 12.1 Å². The van der Waals surface area contributed by atoms with E-state index in [2.05, 4.69) is 16.5 Å². The molecular weight excluding hydrogens is 368 g/mol. The molecule has 1 N–H and O–H groups in total. The number of nitrogens with zero attached hydrogens (tertiary/aromatic N) is 3. The first-order valence-electron chi connectivity index (χ1n) is 9.22. The van der Waals surface area contributed by atoms with Gasteiger partial charge in [0.25, 0.3) is 5.91 Å². The zero-order chi connectivity index (χ0) is 20.6. The van der Waals surface area contributed by atoms with E-state index in [0.717, 1.165) is 22.6 Å². The summed E-state index contributed by atoms with van der Waals surface area (Å²) < 4.78 is 12.3. The number of hydrogen-bond acceptors (Lipinski definition) is 5. The zero-order valence-electron chi connectivity index (χ0n) is 16.3. The van der Waals surface area contributed by atoms with Gasteiger partial charge in [-0.25, -0.2) is 4.68 Å². The number of carbonyl (C=O) groups excluding carboxylic acids is 1. The number of ether oxygens (including phenoxy) is 2. The summed E-state index contributed by atoms with van der Waals surface area (Å²) in [5.74, 6) is 0.475. The van der Waals surface area contributed by atoms with Crippen molar-refractivity contribution in [3.05, 3.63) is 71.9 Å². The standard InChI is InChI=1S/C22H22N4O3/c1-3-29-22(21(27)24-15-17-6-4-16(14-23)5-7-17)26-13-12-20(25-26)18-8-10-19(28-2)11-9-18/h4-13,22H,3,15H2,1-2H3,(H,24,27). The lowest BCUT2D eigenvalue weighted by Crippen LogP contribution is -2.34. The van der Waals surface area contributed by atoms with E-state index < -0.39 is 6.23 Å². The normalized spacial score (nSPS) is 11.5. The lowest BCUT2D eigenvalue weighted by molar-refractivity contribution is -0.139. The number of carbonyl (C=O) groups is 1. The van der Waals surface area contributed by atoms with Gasteiger partial charge in [-0.05, 0) is 55.0 Å². The summed E-state index contributed by atoms with van der Waals surface area (Å²) in [6.07, 6.45) is 0.853. The predicted octanol–water partition coefficient (Wildman–Crippen LogP) is 3.28. The SMILES string of the molecule is CCOC(C(=O)NCc1ccc(C#N)cc1)n1ccc(-c2ccc(OC)cc2)n1. The summed E-state index contributed by atoms with van der Waals surface area (Å²) in [7, 11) is 1.62. The first-order chi connectivity index (χ1) is 14.1. The molecule has 0 aliphatic rings. The molecule has 0 saturated heterocycles. The Morgan fingerprint density at radius 3 is 2.52 bits per heavy atom. The Bertz CT molecular complexity index is 988. The molecule has 2 aromatic carbocycles. The summed E-state index contributed by atoms with van der Waals surface area (Å²) in [5, 5.41) is 16.2. The highest BCUT2D eigenvalue weighted by atomic mass is 16.5. The summed E-state index contributed by atoms with van der Waals surface area (Å²) >= 11 is 0. The van der Waals surface area contributed by atoms with Crippen LogP contribution >= 0.6 is 0 Å². The van der Waals surface area contributed by atoms with Gasteiger partial charge in [0.1, 0.15) is 5.75 Å². The molecule has 0 aliphatic heterocycles. The van der Waals surface area contributed by atoms with E-state index in [4.69, 9.17) is 14.7 Å². The van der Waals surface area contributed by atoms with Crippen molar-refractivity contribution in [1.82, 2.24) is 15.1 Å². The zero-order valence-corrected chi connectivity index (χ0v) is 16.3. The van der Waals surface area contributed by atoms with E-state index in [1.54, 1.807) is 25.4 Å². The lowest BCUT2D eigenvalue weighted by atomic mass is 10.1. The summed E-state index contributed by atoms with van der Waals surface area (Å²) in [4.78, 5) is 12.7. The van der Waals surface area contributed by atoms with Gasteiger partial charge in [-0.2, -0.15) is 10.4 Å². The van der Waals surface area contributed by atoms with E-state index in [0.29, 0.717) is 18.7 Å². The first-order valence-corrected chi connectivity index (χ1v) is 9.22. The number of methoxy groups -OCH3 is 1. The molecule has 148 valence electrons. The van der Waals surface area contributed by atoms with Crippen molar-refractivity contribution in [3.63, 3.8) is 0 Å². The van der Waals surface area contributed by atoms with Crippen LogP contribution in [0.5, 0.6) is 5.75 Å². The van der Waals surface area contributed by atoms with Gasteiger partial charge < -0.3 is 14.8 Å². The Morgan fingerprint density at radius 2 is 1.90 bits per heavy atom. The van der Waals surface area contributed by atoms with Crippen molar-refractivity contribution in [3.8, 4) is 23.1 Å². The van der Waals surface area contributed by atoms with Gasteiger partial charge in [-0.3, -0.25) is 4.79 Å². The molecular formula is C22H22N4O3. The van der Waals surface area contributed by atoms with E-state index >= 15 is 0 Å². The Balaban J connectivity index is 1.70. The number of benzene rings is 2. The van der Waals surface area contributed by atoms with Gasteiger partial charge in [-0.15, -0.1) is 0 Å². The second-order valence-corrected chi connectivity index (χ2v) is 6.24. The van der Waals surface area contributed by atoms with Crippen LogP contribution < -0.4 is 10.1 Å². The number of amides is 1. The third-order valence-corrected chi connectivity index (χ3v) is 4.33. The van der Waals surface area contributed by atoms with Crippen LogP contribution in [0.3, 0.4) is 0 Å². The summed E-state index contributed by atoms with van der Waals surface area (Å²) in [5.41, 5.74) is 3.12. The largest absolute Gasteiger partial charge is 0.497 e. The van der Waals surface area contributed by atoms with Crippen LogP contribution in [-0.2, 0) is 16.1 Å². The third-order valence-electron chi connectivity index (χ3n) is 4.33. The summed E-state index contributed by atoms with van der Waals surface area (Å²) in [6, 6.07) is 18.5. The molecule has 1 aromatic heterocycles. The van der Waals surface area contributed by atoms with Crippen LogP contribution in [0, 0.1) is 11.3 Å². The highest BCUT2D eigenvalue weighted by Gasteiger charge is 2.21. The van der Waals surface area contributed by atoms with E-state index in [1.165, 1.54) is 4.68 Å². The number of aromatic nitrogens is 2. The fourth-order valence-corrected chi connectivity index (χ4v) is 2.79. The molecule has 0 spiro atoms. The van der Waals surface area contributed by atoms with Crippen molar-refractivity contribution in [1.29, 1.82) is 5.26 Å². The van der Waals surface area contributed by atoms with Crippen LogP contribution in [0.1, 0.15) is 24.3 Å². The van der Waals surface area contributed by atoms with Crippen molar-refractivity contribution >= 4 is 5.91 Å². The van der Waals surface area contributed by atoms with E-state index in [1.807, 2.05) is 49.4 Å². The van der Waals surface area contributed by atoms with Crippen LogP contribution in [0.4, 0.5) is 0 Å². The third kappa shape index (κ3) is 5.00. The van der Waals surface area contributed by atoms with E-state index in [9.17, 15) is 4.79 Å². The molecule has 0 radical (unpaired) electrons. The second-order valence-electron chi connectivity index (χ2n) is 6.24. The average molecular weight is 390 g/mol. The first kappa shape index (κ1) is 20.1. The van der Waals surface area contributed by atoms with Crippen molar-refractivity contribution in [2.45, 2.75) is 19.7 Å². The minimum absolute atomic E-state index is 0.291. The smallest absolute Gasteiger partial charge is 0.272 e. The van der Waals surface area contributed by atoms with Crippen LogP contribution in [0.15, 0.2) is 60.8 Å². The minimum atomic E-state index is -0.870. The van der Waals surface area contributed by atoms with Crippen LogP contribution in [0.2, 0.25) is 0 Å². The van der Waals surface area contributed by atoms with Gasteiger partial charge in [0, 0.05) is 24.9 Å². The second kappa shape index (κ2) is 9.53. The Hall–Kier alpha value is -3.63. The molecule has 7 nitrogen and oxygen atoms in total. The molecule has 0 saturated carbocycles. The molecule has 29 heavy (non-hydrogen) atoms. The molecule has 1 unspecified atom stereocenters. The van der Waals surface area contributed by atoms with Gasteiger partial charge in [0.2, 0.25) is 6.23 Å². The van der Waals surface area contributed by atoms with Crippen LogP contribution in [-0.4, -0.2) is 29.4 Å². The highest BCUT2D eigenvalue weighted by Crippen LogP contribution is 2.22. The van der Waals surface area contributed by atoms with Crippen molar-refractivity contribution in [2.75, 3.05) is 13.7 Å². The van der Waals surface area contributed by atoms with E-state index in [-0.39, 0.29) is 5.91 Å². The lowest BCUT2D eigenvalue weighted by Gasteiger charge is -2.17. The topological polar surface area (TPSA) is 89.2 Å². The molecule has 1 heterocycles. The molecule has 7 heteroatoms. The maximum Gasteiger partial charge on any atom is 0.272 e. The predicted molar refractivity (Wildman–Crippen MR) is 108 cm³/mol. The van der Waals surface area contributed by atoms with Gasteiger partial charge >= 0.3 is 0 Å². The van der Waals surface area contributed by atoms with Crippen molar-refractivity contribution < 1.29 is 14.3 Å².